The molecule has 2 aromatic carbocycles. The number of hydrogen-bond donors (Lipinski definition) is 4. The third kappa shape index (κ3) is 3.11. The summed E-state index contributed by atoms with van der Waals surface area (Å²) in [6.45, 7) is 3.88. The average molecular weight is 384 g/mol. The van der Waals surface area contributed by atoms with Gasteiger partial charge < -0.3 is 29.6 Å². The standard InChI is InChI=1S/C21H20O7/c1-10(2)4-5-11-6-16-17(19(26)20(11)27-3)13(9-22)21(28-16)18-14(24)7-12(23)8-15(18)25/h4,6-9,23-26H,5H2,1-3H3. The third-order valence-electron chi connectivity index (χ3n) is 4.38. The van der Waals surface area contributed by atoms with Crippen molar-refractivity contribution in [1.29, 1.82) is 0 Å². The van der Waals surface area contributed by atoms with Crippen molar-refractivity contribution in [3.8, 4) is 40.1 Å². The van der Waals surface area contributed by atoms with Crippen LogP contribution in [0.2, 0.25) is 0 Å². The molecule has 3 rings (SSSR count). The molecule has 0 atom stereocenters. The molecule has 0 spiro atoms. The molecule has 0 unspecified atom stereocenters. The molecule has 7 nitrogen and oxygen atoms in total. The van der Waals surface area contributed by atoms with Crippen molar-refractivity contribution in [3.63, 3.8) is 0 Å². The van der Waals surface area contributed by atoms with Gasteiger partial charge in [-0.2, -0.15) is 0 Å². The van der Waals surface area contributed by atoms with Crippen LogP contribution in [-0.4, -0.2) is 33.8 Å². The van der Waals surface area contributed by atoms with Crippen molar-refractivity contribution in [1.82, 2.24) is 0 Å². The lowest BCUT2D eigenvalue weighted by Gasteiger charge is -2.10. The van der Waals surface area contributed by atoms with Crippen LogP contribution in [0.25, 0.3) is 22.3 Å². The van der Waals surface area contributed by atoms with E-state index in [-0.39, 0.29) is 45.1 Å². The summed E-state index contributed by atoms with van der Waals surface area (Å²) < 4.78 is 11.1. The highest BCUT2D eigenvalue weighted by Gasteiger charge is 2.26. The van der Waals surface area contributed by atoms with E-state index < -0.39 is 11.5 Å². The summed E-state index contributed by atoms with van der Waals surface area (Å²) in [6.07, 6.45) is 2.88. The van der Waals surface area contributed by atoms with Crippen molar-refractivity contribution >= 4 is 17.3 Å². The van der Waals surface area contributed by atoms with E-state index in [0.29, 0.717) is 18.3 Å². The molecule has 146 valence electrons. The molecule has 1 heterocycles. The molecule has 0 fully saturated rings. The maximum atomic E-state index is 11.8. The summed E-state index contributed by atoms with van der Waals surface area (Å²) in [6, 6.07) is 3.66. The van der Waals surface area contributed by atoms with E-state index in [1.807, 2.05) is 19.9 Å². The van der Waals surface area contributed by atoms with E-state index in [1.54, 1.807) is 6.07 Å². The highest BCUT2D eigenvalue weighted by atomic mass is 16.5. The molecule has 0 aliphatic carbocycles. The molecule has 1 aromatic heterocycles. The lowest BCUT2D eigenvalue weighted by atomic mass is 10.0. The third-order valence-corrected chi connectivity index (χ3v) is 4.38. The minimum Gasteiger partial charge on any atom is -0.508 e. The molecular weight excluding hydrogens is 364 g/mol. The van der Waals surface area contributed by atoms with E-state index in [9.17, 15) is 25.2 Å². The molecule has 0 aliphatic heterocycles. The smallest absolute Gasteiger partial charge is 0.170 e. The van der Waals surface area contributed by atoms with Gasteiger partial charge in [-0.1, -0.05) is 11.6 Å². The minimum absolute atomic E-state index is 0.0594. The topological polar surface area (TPSA) is 120 Å². The van der Waals surface area contributed by atoms with Crippen molar-refractivity contribution in [2.24, 2.45) is 0 Å². The Bertz CT molecular complexity index is 1080. The number of hydrogen-bond acceptors (Lipinski definition) is 7. The Morgan fingerprint density at radius 2 is 1.75 bits per heavy atom. The van der Waals surface area contributed by atoms with Crippen molar-refractivity contribution in [3.05, 3.63) is 41.0 Å². The average Bonchev–Trinajstić information content (AvgIpc) is 2.97. The monoisotopic (exact) mass is 384 g/mol. The van der Waals surface area contributed by atoms with Crippen LogP contribution in [0.1, 0.15) is 29.8 Å². The predicted molar refractivity (Wildman–Crippen MR) is 103 cm³/mol. The first-order valence-corrected chi connectivity index (χ1v) is 8.47. The Labute approximate surface area is 160 Å². The Hall–Kier alpha value is -3.61. The number of allylic oxidation sites excluding steroid dienone is 2. The fraction of sp³-hybridized carbons (Fsp3) is 0.190. The van der Waals surface area contributed by atoms with Gasteiger partial charge in [-0.3, -0.25) is 4.79 Å². The van der Waals surface area contributed by atoms with E-state index >= 15 is 0 Å². The molecule has 0 bridgehead atoms. The van der Waals surface area contributed by atoms with Crippen LogP contribution in [0.15, 0.2) is 34.3 Å². The number of benzene rings is 2. The van der Waals surface area contributed by atoms with Crippen LogP contribution in [0, 0.1) is 0 Å². The molecule has 0 radical (unpaired) electrons. The van der Waals surface area contributed by atoms with Gasteiger partial charge in [-0.15, -0.1) is 0 Å². The number of methoxy groups -OCH3 is 1. The molecule has 28 heavy (non-hydrogen) atoms. The fourth-order valence-corrected chi connectivity index (χ4v) is 3.12. The van der Waals surface area contributed by atoms with E-state index in [4.69, 9.17) is 9.15 Å². The molecule has 4 N–H and O–H groups in total. The van der Waals surface area contributed by atoms with Gasteiger partial charge in [0.1, 0.15) is 28.4 Å². The molecular formula is C21H20O7. The Balaban J connectivity index is 2.35. The van der Waals surface area contributed by atoms with Crippen LogP contribution in [0.4, 0.5) is 0 Å². The summed E-state index contributed by atoms with van der Waals surface area (Å²) in [4.78, 5) is 11.8. The summed E-state index contributed by atoms with van der Waals surface area (Å²) in [7, 11) is 1.41. The molecule has 0 saturated carbocycles. The summed E-state index contributed by atoms with van der Waals surface area (Å²) in [5.74, 6) is -1.49. The highest BCUT2D eigenvalue weighted by Crippen LogP contribution is 2.48. The molecule has 7 heteroatoms. The normalized spacial score (nSPS) is 10.8. The van der Waals surface area contributed by atoms with Crippen LogP contribution in [0.3, 0.4) is 0 Å². The van der Waals surface area contributed by atoms with Crippen LogP contribution in [0.5, 0.6) is 28.7 Å². The van der Waals surface area contributed by atoms with E-state index in [1.165, 1.54) is 7.11 Å². The van der Waals surface area contributed by atoms with Crippen LogP contribution in [-0.2, 0) is 6.42 Å². The van der Waals surface area contributed by atoms with Crippen LogP contribution >= 0.6 is 0 Å². The predicted octanol–water partition coefficient (Wildman–Crippen LogP) is 4.25. The van der Waals surface area contributed by atoms with Gasteiger partial charge in [0.05, 0.1) is 18.1 Å². The second kappa shape index (κ2) is 7.19. The number of phenolic OH excluding ortho intramolecular Hbond substituents is 4. The number of fused-ring (bicyclic) bond motifs is 1. The maximum absolute atomic E-state index is 11.8. The lowest BCUT2D eigenvalue weighted by Crippen LogP contribution is -1.93. The number of carbonyl (C=O) groups excluding carboxylic acids is 1. The second-order valence-corrected chi connectivity index (χ2v) is 6.60. The largest absolute Gasteiger partial charge is 0.508 e. The summed E-state index contributed by atoms with van der Waals surface area (Å²) in [5, 5.41) is 40.6. The number of aromatic hydroxyl groups is 4. The van der Waals surface area contributed by atoms with Gasteiger partial charge in [0.25, 0.3) is 0 Å². The lowest BCUT2D eigenvalue weighted by molar-refractivity contribution is 0.112. The summed E-state index contributed by atoms with van der Waals surface area (Å²) in [5.41, 5.74) is 1.69. The van der Waals surface area contributed by atoms with Gasteiger partial charge in [0, 0.05) is 17.7 Å². The van der Waals surface area contributed by atoms with Gasteiger partial charge >= 0.3 is 0 Å². The Morgan fingerprint density at radius 1 is 1.11 bits per heavy atom. The first-order chi connectivity index (χ1) is 13.3. The highest BCUT2D eigenvalue weighted by molar-refractivity contribution is 6.07. The van der Waals surface area contributed by atoms with Gasteiger partial charge in [-0.25, -0.2) is 0 Å². The maximum Gasteiger partial charge on any atom is 0.170 e. The quantitative estimate of drug-likeness (QED) is 0.383. The minimum atomic E-state index is -0.476. The van der Waals surface area contributed by atoms with Crippen molar-refractivity contribution in [2.45, 2.75) is 20.3 Å². The number of phenols is 4. The van der Waals surface area contributed by atoms with Gasteiger partial charge in [0.2, 0.25) is 0 Å². The Kier molecular flexibility index (Phi) is 4.92. The number of ether oxygens (including phenoxy) is 1. The van der Waals surface area contributed by atoms with Crippen LogP contribution < -0.4 is 4.74 Å². The van der Waals surface area contributed by atoms with Crippen molar-refractivity contribution < 1.29 is 34.4 Å². The first kappa shape index (κ1) is 19.2. The van der Waals surface area contributed by atoms with Gasteiger partial charge in [0.15, 0.2) is 23.5 Å². The molecule has 0 aliphatic rings. The SMILES string of the molecule is COc1c(CC=C(C)C)cc2oc(-c3c(O)cc(O)cc3O)c(C=O)c2c1O. The number of rotatable bonds is 5. The fourth-order valence-electron chi connectivity index (χ4n) is 3.12. The summed E-state index contributed by atoms with van der Waals surface area (Å²) >= 11 is 0. The second-order valence-electron chi connectivity index (χ2n) is 6.60. The van der Waals surface area contributed by atoms with E-state index in [2.05, 4.69) is 0 Å². The number of carbonyl (C=O) groups is 1. The molecule has 0 amide bonds. The number of furan rings is 1. The zero-order valence-corrected chi connectivity index (χ0v) is 15.6. The zero-order valence-electron chi connectivity index (χ0n) is 15.6. The molecule has 0 saturated heterocycles. The number of aldehydes is 1. The van der Waals surface area contributed by atoms with E-state index in [0.717, 1.165) is 17.7 Å². The molecule has 3 aromatic rings. The van der Waals surface area contributed by atoms with Crippen molar-refractivity contribution in [2.75, 3.05) is 7.11 Å². The Morgan fingerprint density at radius 3 is 2.29 bits per heavy atom. The first-order valence-electron chi connectivity index (χ1n) is 8.47. The van der Waals surface area contributed by atoms with Gasteiger partial charge in [-0.05, 0) is 26.3 Å². The zero-order chi connectivity index (χ0) is 20.6.